The molecule has 0 radical (unpaired) electrons. The van der Waals surface area contributed by atoms with E-state index in [1.165, 1.54) is 12.1 Å². The highest BCUT2D eigenvalue weighted by molar-refractivity contribution is 5.39. The molecular formula is C16H20FN3O. The van der Waals surface area contributed by atoms with Crippen molar-refractivity contribution < 1.29 is 9.13 Å². The quantitative estimate of drug-likeness (QED) is 0.940. The van der Waals surface area contributed by atoms with Crippen LogP contribution in [0.25, 0.3) is 0 Å². The maximum atomic E-state index is 13.5. The number of ether oxygens (including phenoxy) is 1. The first-order valence-corrected chi connectivity index (χ1v) is 7.35. The SMILES string of the molecule is CCCNC1CC(c2cnn(C)c2)Oc2cc(F)ccc21. The molecule has 1 N–H and O–H groups in total. The first-order valence-electron chi connectivity index (χ1n) is 7.35. The smallest absolute Gasteiger partial charge is 0.129 e. The lowest BCUT2D eigenvalue weighted by Crippen LogP contribution is -2.29. The predicted octanol–water partition coefficient (Wildman–Crippen LogP) is 3.12. The highest BCUT2D eigenvalue weighted by atomic mass is 19.1. The van der Waals surface area contributed by atoms with Gasteiger partial charge in [0.05, 0.1) is 6.20 Å². The zero-order valence-electron chi connectivity index (χ0n) is 12.3. The Morgan fingerprint density at radius 1 is 1.48 bits per heavy atom. The van der Waals surface area contributed by atoms with Gasteiger partial charge in [0.15, 0.2) is 0 Å². The maximum Gasteiger partial charge on any atom is 0.129 e. The van der Waals surface area contributed by atoms with E-state index in [1.807, 2.05) is 25.5 Å². The van der Waals surface area contributed by atoms with Gasteiger partial charge in [0, 0.05) is 42.9 Å². The third kappa shape index (κ3) is 2.93. The molecule has 0 amide bonds. The van der Waals surface area contributed by atoms with E-state index in [1.54, 1.807) is 4.68 Å². The molecule has 0 saturated carbocycles. The Balaban J connectivity index is 1.91. The topological polar surface area (TPSA) is 39.1 Å². The number of benzene rings is 1. The summed E-state index contributed by atoms with van der Waals surface area (Å²) >= 11 is 0. The van der Waals surface area contributed by atoms with E-state index in [9.17, 15) is 4.39 Å². The third-order valence-corrected chi connectivity index (χ3v) is 3.81. The number of nitrogens with one attached hydrogen (secondary N) is 1. The zero-order chi connectivity index (χ0) is 14.8. The van der Waals surface area contributed by atoms with Crippen LogP contribution in [0.2, 0.25) is 0 Å². The third-order valence-electron chi connectivity index (χ3n) is 3.81. The number of aryl methyl sites for hydroxylation is 1. The average molecular weight is 289 g/mol. The van der Waals surface area contributed by atoms with Crippen LogP contribution in [-0.2, 0) is 7.05 Å². The van der Waals surface area contributed by atoms with Crippen LogP contribution in [0, 0.1) is 5.82 Å². The molecule has 2 atom stereocenters. The Kier molecular flexibility index (Phi) is 3.92. The number of aromatic nitrogens is 2. The van der Waals surface area contributed by atoms with Crippen LogP contribution in [-0.4, -0.2) is 16.3 Å². The van der Waals surface area contributed by atoms with E-state index in [-0.39, 0.29) is 18.0 Å². The number of halogens is 1. The van der Waals surface area contributed by atoms with Gasteiger partial charge in [0.1, 0.15) is 17.7 Å². The molecule has 1 aromatic carbocycles. The summed E-state index contributed by atoms with van der Waals surface area (Å²) in [7, 11) is 1.88. The number of hydrogen-bond acceptors (Lipinski definition) is 3. The van der Waals surface area contributed by atoms with Crippen molar-refractivity contribution in [3.63, 3.8) is 0 Å². The summed E-state index contributed by atoms with van der Waals surface area (Å²) in [5, 5.41) is 7.72. The van der Waals surface area contributed by atoms with Crippen molar-refractivity contribution in [2.45, 2.75) is 31.9 Å². The van der Waals surface area contributed by atoms with Crippen LogP contribution >= 0.6 is 0 Å². The number of hydrogen-bond donors (Lipinski definition) is 1. The number of rotatable bonds is 4. The van der Waals surface area contributed by atoms with Gasteiger partial charge in [-0.25, -0.2) is 4.39 Å². The molecule has 0 aliphatic carbocycles. The molecule has 1 aliphatic rings. The summed E-state index contributed by atoms with van der Waals surface area (Å²) in [5.41, 5.74) is 2.06. The standard InChI is InChI=1S/C16H20FN3O/c1-3-6-18-14-8-15(11-9-19-20(2)10-11)21-16-7-12(17)4-5-13(14)16/h4-5,7,9-10,14-15,18H,3,6,8H2,1-2H3. The molecule has 0 bridgehead atoms. The molecule has 0 spiro atoms. The van der Waals surface area contributed by atoms with Gasteiger partial charge in [-0.3, -0.25) is 4.68 Å². The van der Waals surface area contributed by atoms with Crippen molar-refractivity contribution in [2.75, 3.05) is 6.54 Å². The molecule has 2 unspecified atom stereocenters. The largest absolute Gasteiger partial charge is 0.485 e. The second-order valence-electron chi connectivity index (χ2n) is 5.48. The fourth-order valence-corrected chi connectivity index (χ4v) is 2.76. The lowest BCUT2D eigenvalue weighted by molar-refractivity contribution is 0.150. The molecule has 2 heterocycles. The van der Waals surface area contributed by atoms with Gasteiger partial charge in [0.25, 0.3) is 0 Å². The number of fused-ring (bicyclic) bond motifs is 1. The van der Waals surface area contributed by atoms with Crippen molar-refractivity contribution in [1.82, 2.24) is 15.1 Å². The van der Waals surface area contributed by atoms with Gasteiger partial charge >= 0.3 is 0 Å². The predicted molar refractivity (Wildman–Crippen MR) is 78.6 cm³/mol. The normalized spacial score (nSPS) is 20.9. The van der Waals surface area contributed by atoms with E-state index in [2.05, 4.69) is 17.3 Å². The fraction of sp³-hybridized carbons (Fsp3) is 0.438. The Bertz CT molecular complexity index is 626. The highest BCUT2D eigenvalue weighted by Crippen LogP contribution is 2.40. The van der Waals surface area contributed by atoms with Gasteiger partial charge in [-0.1, -0.05) is 13.0 Å². The first-order chi connectivity index (χ1) is 10.2. The van der Waals surface area contributed by atoms with E-state index in [0.29, 0.717) is 5.75 Å². The average Bonchev–Trinajstić information content (AvgIpc) is 2.90. The fourth-order valence-electron chi connectivity index (χ4n) is 2.76. The molecular weight excluding hydrogens is 269 g/mol. The molecule has 2 aromatic rings. The molecule has 5 heteroatoms. The van der Waals surface area contributed by atoms with Crippen molar-refractivity contribution in [3.05, 3.63) is 47.5 Å². The molecule has 3 rings (SSSR count). The summed E-state index contributed by atoms with van der Waals surface area (Å²) in [6, 6.07) is 4.96. The maximum absolute atomic E-state index is 13.5. The second-order valence-corrected chi connectivity index (χ2v) is 5.48. The summed E-state index contributed by atoms with van der Waals surface area (Å²) in [6.07, 6.45) is 5.55. The summed E-state index contributed by atoms with van der Waals surface area (Å²) in [4.78, 5) is 0. The molecule has 0 fully saturated rings. The van der Waals surface area contributed by atoms with Crippen LogP contribution in [0.4, 0.5) is 4.39 Å². The van der Waals surface area contributed by atoms with Crippen molar-refractivity contribution in [2.24, 2.45) is 7.05 Å². The minimum absolute atomic E-state index is 0.0950. The van der Waals surface area contributed by atoms with Gasteiger partial charge < -0.3 is 10.1 Å². The molecule has 112 valence electrons. The Morgan fingerprint density at radius 2 is 2.33 bits per heavy atom. The number of nitrogens with zero attached hydrogens (tertiary/aromatic N) is 2. The first kappa shape index (κ1) is 14.1. The second kappa shape index (κ2) is 5.85. The molecule has 1 aromatic heterocycles. The van der Waals surface area contributed by atoms with E-state index in [4.69, 9.17) is 4.74 Å². The molecule has 0 saturated heterocycles. The summed E-state index contributed by atoms with van der Waals surface area (Å²) in [5.74, 6) is 0.360. The van der Waals surface area contributed by atoms with E-state index >= 15 is 0 Å². The molecule has 1 aliphatic heterocycles. The van der Waals surface area contributed by atoms with Crippen molar-refractivity contribution in [1.29, 1.82) is 0 Å². The minimum Gasteiger partial charge on any atom is -0.485 e. The van der Waals surface area contributed by atoms with Crippen LogP contribution in [0.3, 0.4) is 0 Å². The van der Waals surface area contributed by atoms with Gasteiger partial charge in [0.2, 0.25) is 0 Å². The molecule has 21 heavy (non-hydrogen) atoms. The summed E-state index contributed by atoms with van der Waals surface area (Å²) in [6.45, 7) is 3.07. The van der Waals surface area contributed by atoms with Gasteiger partial charge in [-0.05, 0) is 19.0 Å². The van der Waals surface area contributed by atoms with E-state index in [0.717, 1.165) is 30.5 Å². The van der Waals surface area contributed by atoms with Crippen molar-refractivity contribution in [3.8, 4) is 5.75 Å². The zero-order valence-corrected chi connectivity index (χ0v) is 12.3. The van der Waals surface area contributed by atoms with Gasteiger partial charge in [-0.2, -0.15) is 5.10 Å². The van der Waals surface area contributed by atoms with Crippen LogP contribution in [0.5, 0.6) is 5.75 Å². The van der Waals surface area contributed by atoms with Crippen molar-refractivity contribution >= 4 is 0 Å². The Labute approximate surface area is 123 Å². The lowest BCUT2D eigenvalue weighted by Gasteiger charge is -2.32. The minimum atomic E-state index is -0.269. The highest BCUT2D eigenvalue weighted by Gasteiger charge is 2.29. The lowest BCUT2D eigenvalue weighted by atomic mass is 9.94. The molecule has 4 nitrogen and oxygen atoms in total. The Hall–Kier alpha value is -1.88. The van der Waals surface area contributed by atoms with E-state index < -0.39 is 0 Å². The van der Waals surface area contributed by atoms with Crippen LogP contribution < -0.4 is 10.1 Å². The Morgan fingerprint density at radius 3 is 3.05 bits per heavy atom. The van der Waals surface area contributed by atoms with Gasteiger partial charge in [-0.15, -0.1) is 0 Å². The monoisotopic (exact) mass is 289 g/mol. The summed E-state index contributed by atoms with van der Waals surface area (Å²) < 4.78 is 21.2. The van der Waals surface area contributed by atoms with Crippen LogP contribution in [0.15, 0.2) is 30.6 Å². The van der Waals surface area contributed by atoms with Crippen LogP contribution in [0.1, 0.15) is 43.0 Å².